The minimum atomic E-state index is 0.0607. The number of nitrogens with zero attached hydrogens (tertiary/aromatic N) is 2. The standard InChI is InChI=1S/C23H24ClN3O2/c1-15-22(16(2)26-25-15)20-5-3-4-6-21(20)23(28)27-13-11-19(12-14-27)29-18-9-7-17(24)8-10-18/h3-10,19H,11-14H2,1-2H3,(H,25,26). The summed E-state index contributed by atoms with van der Waals surface area (Å²) in [5.74, 6) is 0.876. The second-order valence-corrected chi connectivity index (χ2v) is 7.85. The number of halogens is 1. The van der Waals surface area contributed by atoms with E-state index in [1.54, 1.807) is 0 Å². The Morgan fingerprint density at radius 1 is 1.10 bits per heavy atom. The van der Waals surface area contributed by atoms with Gasteiger partial charge in [0.2, 0.25) is 0 Å². The molecule has 1 saturated heterocycles. The molecule has 0 unspecified atom stereocenters. The molecule has 1 fully saturated rings. The van der Waals surface area contributed by atoms with Gasteiger partial charge in [-0.15, -0.1) is 0 Å². The molecule has 2 aromatic carbocycles. The average Bonchev–Trinajstić information content (AvgIpc) is 3.08. The van der Waals surface area contributed by atoms with Crippen LogP contribution in [0.3, 0.4) is 0 Å². The van der Waals surface area contributed by atoms with Gasteiger partial charge in [-0.3, -0.25) is 9.89 Å². The number of benzene rings is 2. The van der Waals surface area contributed by atoms with Crippen LogP contribution >= 0.6 is 11.6 Å². The first-order valence-electron chi connectivity index (χ1n) is 9.85. The third-order valence-electron chi connectivity index (χ3n) is 5.40. The van der Waals surface area contributed by atoms with Gasteiger partial charge in [0, 0.05) is 47.8 Å². The van der Waals surface area contributed by atoms with Crippen LogP contribution in [-0.2, 0) is 0 Å². The van der Waals surface area contributed by atoms with E-state index in [4.69, 9.17) is 16.3 Å². The highest BCUT2D eigenvalue weighted by molar-refractivity contribution is 6.30. The molecule has 2 heterocycles. The Morgan fingerprint density at radius 2 is 1.79 bits per heavy atom. The van der Waals surface area contributed by atoms with E-state index in [0.29, 0.717) is 18.1 Å². The van der Waals surface area contributed by atoms with Gasteiger partial charge in [-0.05, 0) is 49.7 Å². The zero-order chi connectivity index (χ0) is 20.4. The zero-order valence-electron chi connectivity index (χ0n) is 16.6. The van der Waals surface area contributed by atoms with Crippen molar-refractivity contribution in [3.05, 3.63) is 70.5 Å². The lowest BCUT2D eigenvalue weighted by molar-refractivity contribution is 0.0596. The van der Waals surface area contributed by atoms with Gasteiger partial charge in [-0.25, -0.2) is 0 Å². The van der Waals surface area contributed by atoms with Crippen molar-refractivity contribution in [3.8, 4) is 16.9 Å². The summed E-state index contributed by atoms with van der Waals surface area (Å²) in [5.41, 5.74) is 4.53. The summed E-state index contributed by atoms with van der Waals surface area (Å²) in [6.45, 7) is 5.29. The van der Waals surface area contributed by atoms with Gasteiger partial charge in [0.05, 0.1) is 5.69 Å². The molecule has 0 atom stereocenters. The Morgan fingerprint density at radius 3 is 2.45 bits per heavy atom. The number of H-pyrrole nitrogens is 1. The maximum absolute atomic E-state index is 13.3. The maximum atomic E-state index is 13.3. The highest BCUT2D eigenvalue weighted by Crippen LogP contribution is 2.30. The van der Waals surface area contributed by atoms with E-state index in [1.807, 2.05) is 67.3 Å². The van der Waals surface area contributed by atoms with Crippen LogP contribution in [0, 0.1) is 13.8 Å². The van der Waals surface area contributed by atoms with Gasteiger partial charge >= 0.3 is 0 Å². The molecule has 4 rings (SSSR count). The SMILES string of the molecule is Cc1n[nH]c(C)c1-c1ccccc1C(=O)N1CCC(Oc2ccc(Cl)cc2)CC1. The highest BCUT2D eigenvalue weighted by Gasteiger charge is 2.27. The molecule has 0 saturated carbocycles. The van der Waals surface area contributed by atoms with E-state index in [2.05, 4.69) is 10.2 Å². The molecule has 150 valence electrons. The molecule has 0 bridgehead atoms. The minimum Gasteiger partial charge on any atom is -0.490 e. The van der Waals surface area contributed by atoms with Crippen molar-refractivity contribution in [1.29, 1.82) is 0 Å². The number of carbonyl (C=O) groups is 1. The number of likely N-dealkylation sites (tertiary alicyclic amines) is 1. The predicted molar refractivity (Wildman–Crippen MR) is 115 cm³/mol. The number of aromatic amines is 1. The number of hydrogen-bond acceptors (Lipinski definition) is 3. The summed E-state index contributed by atoms with van der Waals surface area (Å²) in [6, 6.07) is 15.2. The van der Waals surface area contributed by atoms with Crippen molar-refractivity contribution >= 4 is 17.5 Å². The largest absolute Gasteiger partial charge is 0.490 e. The molecule has 6 heteroatoms. The average molecular weight is 410 g/mol. The molecule has 5 nitrogen and oxygen atoms in total. The van der Waals surface area contributed by atoms with Crippen molar-refractivity contribution in [2.45, 2.75) is 32.8 Å². The number of aromatic nitrogens is 2. The fourth-order valence-electron chi connectivity index (χ4n) is 3.89. The molecule has 1 aromatic heterocycles. The number of piperidine rings is 1. The molecule has 1 N–H and O–H groups in total. The number of hydrogen-bond donors (Lipinski definition) is 1. The molecule has 1 aliphatic heterocycles. The number of ether oxygens (including phenoxy) is 1. The molecule has 0 spiro atoms. The van der Waals surface area contributed by atoms with Crippen LogP contribution < -0.4 is 4.74 Å². The Labute approximate surface area is 175 Å². The number of nitrogens with one attached hydrogen (secondary N) is 1. The van der Waals surface area contributed by atoms with Crippen LogP contribution in [0.1, 0.15) is 34.6 Å². The van der Waals surface area contributed by atoms with Crippen molar-refractivity contribution in [3.63, 3.8) is 0 Å². The molecule has 0 radical (unpaired) electrons. The summed E-state index contributed by atoms with van der Waals surface area (Å²) >= 11 is 5.93. The van der Waals surface area contributed by atoms with Crippen LogP contribution in [0.4, 0.5) is 0 Å². The third kappa shape index (κ3) is 4.15. The molecule has 3 aromatic rings. The fraction of sp³-hybridized carbons (Fsp3) is 0.304. The van der Waals surface area contributed by atoms with Crippen LogP contribution in [0.5, 0.6) is 5.75 Å². The first-order chi connectivity index (χ1) is 14.0. The maximum Gasteiger partial charge on any atom is 0.254 e. The lowest BCUT2D eigenvalue weighted by Gasteiger charge is -2.32. The second-order valence-electron chi connectivity index (χ2n) is 7.42. The third-order valence-corrected chi connectivity index (χ3v) is 5.65. The van der Waals surface area contributed by atoms with E-state index >= 15 is 0 Å². The summed E-state index contributed by atoms with van der Waals surface area (Å²) < 4.78 is 6.05. The van der Waals surface area contributed by atoms with Crippen LogP contribution in [0.15, 0.2) is 48.5 Å². The quantitative estimate of drug-likeness (QED) is 0.657. The summed E-state index contributed by atoms with van der Waals surface area (Å²) in [5, 5.41) is 7.99. The topological polar surface area (TPSA) is 58.2 Å². The van der Waals surface area contributed by atoms with Gasteiger partial charge in [0.1, 0.15) is 11.9 Å². The zero-order valence-corrected chi connectivity index (χ0v) is 17.4. The van der Waals surface area contributed by atoms with E-state index in [1.165, 1.54) is 0 Å². The van der Waals surface area contributed by atoms with Crippen molar-refractivity contribution in [1.82, 2.24) is 15.1 Å². The summed E-state index contributed by atoms with van der Waals surface area (Å²) in [6.07, 6.45) is 1.72. The van der Waals surface area contributed by atoms with Gasteiger partial charge in [0.25, 0.3) is 5.91 Å². The Balaban J connectivity index is 1.46. The summed E-state index contributed by atoms with van der Waals surface area (Å²) in [7, 11) is 0. The lowest BCUT2D eigenvalue weighted by Crippen LogP contribution is -2.42. The Hall–Kier alpha value is -2.79. The van der Waals surface area contributed by atoms with E-state index in [0.717, 1.165) is 46.7 Å². The molecule has 1 amide bonds. The Bertz CT molecular complexity index is 986. The highest BCUT2D eigenvalue weighted by atomic mass is 35.5. The normalized spacial score (nSPS) is 14.8. The van der Waals surface area contributed by atoms with E-state index in [9.17, 15) is 4.79 Å². The number of aryl methyl sites for hydroxylation is 2. The van der Waals surface area contributed by atoms with E-state index in [-0.39, 0.29) is 12.0 Å². The number of carbonyl (C=O) groups excluding carboxylic acids is 1. The smallest absolute Gasteiger partial charge is 0.254 e. The van der Waals surface area contributed by atoms with Gasteiger partial charge in [-0.2, -0.15) is 5.10 Å². The van der Waals surface area contributed by atoms with Crippen LogP contribution in [0.2, 0.25) is 5.02 Å². The van der Waals surface area contributed by atoms with Crippen LogP contribution in [-0.4, -0.2) is 40.2 Å². The molecule has 29 heavy (non-hydrogen) atoms. The molecular weight excluding hydrogens is 386 g/mol. The van der Waals surface area contributed by atoms with Crippen molar-refractivity contribution in [2.24, 2.45) is 0 Å². The first kappa shape index (κ1) is 19.5. The molecule has 1 aliphatic rings. The molecule has 0 aliphatic carbocycles. The van der Waals surface area contributed by atoms with Gasteiger partial charge in [-0.1, -0.05) is 29.8 Å². The van der Waals surface area contributed by atoms with Gasteiger partial charge < -0.3 is 9.64 Å². The molecular formula is C23H24ClN3O2. The number of amides is 1. The minimum absolute atomic E-state index is 0.0607. The number of rotatable bonds is 4. The Kier molecular flexibility index (Phi) is 5.58. The van der Waals surface area contributed by atoms with Crippen molar-refractivity contribution < 1.29 is 9.53 Å². The van der Waals surface area contributed by atoms with E-state index < -0.39 is 0 Å². The lowest BCUT2D eigenvalue weighted by atomic mass is 9.96. The van der Waals surface area contributed by atoms with Gasteiger partial charge in [0.15, 0.2) is 0 Å². The fourth-order valence-corrected chi connectivity index (χ4v) is 4.01. The predicted octanol–water partition coefficient (Wildman–Crippen LogP) is 5.03. The van der Waals surface area contributed by atoms with Crippen molar-refractivity contribution in [2.75, 3.05) is 13.1 Å². The second kappa shape index (κ2) is 8.29. The first-order valence-corrected chi connectivity index (χ1v) is 10.2. The summed E-state index contributed by atoms with van der Waals surface area (Å²) in [4.78, 5) is 15.2. The monoisotopic (exact) mass is 409 g/mol. The van der Waals surface area contributed by atoms with Crippen LogP contribution in [0.25, 0.3) is 11.1 Å².